The molecular formula is C32H30Cl2N2O7. The lowest BCUT2D eigenvalue weighted by Gasteiger charge is -2.31. The normalized spacial score (nSPS) is 18.6. The van der Waals surface area contributed by atoms with E-state index in [-0.39, 0.29) is 22.3 Å². The molecule has 9 nitrogen and oxygen atoms in total. The molecule has 2 aromatic carbocycles. The Bertz CT molecular complexity index is 1550. The van der Waals surface area contributed by atoms with Crippen LogP contribution in [0.1, 0.15) is 50.7 Å². The van der Waals surface area contributed by atoms with Gasteiger partial charge in [0.2, 0.25) is 0 Å². The minimum absolute atomic E-state index is 0.0165. The predicted molar refractivity (Wildman–Crippen MR) is 161 cm³/mol. The number of carbonyl (C=O) groups is 4. The van der Waals surface area contributed by atoms with Crippen molar-refractivity contribution in [2.45, 2.75) is 39.5 Å². The second-order valence-electron chi connectivity index (χ2n) is 10.0. The van der Waals surface area contributed by atoms with E-state index in [4.69, 9.17) is 37.4 Å². The van der Waals surface area contributed by atoms with Crippen molar-refractivity contribution in [3.05, 3.63) is 115 Å². The SMILES string of the molecule is COC(=O)C1=C(C)NC(C)=C(C(=O)OC(=O)C2=C(C)NC(C)=C(C(=O)OC)C2c2cccc(Cl)c2)C1c1cccc(Cl)c1. The molecule has 2 unspecified atom stereocenters. The summed E-state index contributed by atoms with van der Waals surface area (Å²) in [6.45, 7) is 6.64. The van der Waals surface area contributed by atoms with E-state index in [2.05, 4.69) is 10.6 Å². The molecule has 224 valence electrons. The van der Waals surface area contributed by atoms with Gasteiger partial charge < -0.3 is 24.8 Å². The Labute approximate surface area is 259 Å². The average molecular weight is 626 g/mol. The zero-order valence-electron chi connectivity index (χ0n) is 24.4. The van der Waals surface area contributed by atoms with Gasteiger partial charge in [-0.15, -0.1) is 0 Å². The van der Waals surface area contributed by atoms with E-state index < -0.39 is 35.7 Å². The lowest BCUT2D eigenvalue weighted by molar-refractivity contribution is -0.154. The Morgan fingerprint density at radius 1 is 0.581 bits per heavy atom. The first kappa shape index (κ1) is 31.6. The van der Waals surface area contributed by atoms with E-state index in [1.54, 1.807) is 76.2 Å². The number of dihydropyridines is 2. The number of esters is 4. The molecule has 0 saturated heterocycles. The zero-order valence-corrected chi connectivity index (χ0v) is 25.9. The summed E-state index contributed by atoms with van der Waals surface area (Å²) >= 11 is 12.6. The first-order valence-corrected chi connectivity index (χ1v) is 14.0. The highest BCUT2D eigenvalue weighted by molar-refractivity contribution is 6.31. The van der Waals surface area contributed by atoms with Crippen molar-refractivity contribution in [2.24, 2.45) is 0 Å². The lowest BCUT2D eigenvalue weighted by atomic mass is 9.80. The maximum absolute atomic E-state index is 13.9. The smallest absolute Gasteiger partial charge is 0.344 e. The largest absolute Gasteiger partial charge is 0.466 e. The van der Waals surface area contributed by atoms with Crippen LogP contribution >= 0.6 is 23.2 Å². The number of benzene rings is 2. The van der Waals surface area contributed by atoms with Gasteiger partial charge in [0.25, 0.3) is 0 Å². The maximum Gasteiger partial charge on any atom is 0.344 e. The second kappa shape index (κ2) is 12.9. The summed E-state index contributed by atoms with van der Waals surface area (Å²) in [5.41, 5.74) is 3.08. The Morgan fingerprint density at radius 2 is 0.907 bits per heavy atom. The van der Waals surface area contributed by atoms with Gasteiger partial charge >= 0.3 is 23.9 Å². The minimum Gasteiger partial charge on any atom is -0.466 e. The number of ether oxygens (including phenoxy) is 3. The molecule has 0 spiro atoms. The number of nitrogens with one attached hydrogen (secondary N) is 2. The minimum atomic E-state index is -0.995. The van der Waals surface area contributed by atoms with Crippen LogP contribution in [0.2, 0.25) is 10.0 Å². The van der Waals surface area contributed by atoms with E-state index in [0.29, 0.717) is 44.0 Å². The number of hydrogen-bond acceptors (Lipinski definition) is 9. The summed E-state index contributed by atoms with van der Waals surface area (Å²) in [7, 11) is 2.47. The Balaban J connectivity index is 1.79. The van der Waals surface area contributed by atoms with Gasteiger partial charge in [-0.2, -0.15) is 0 Å². The third kappa shape index (κ3) is 6.23. The number of halogens is 2. The van der Waals surface area contributed by atoms with E-state index in [0.717, 1.165) is 0 Å². The molecule has 2 N–H and O–H groups in total. The van der Waals surface area contributed by atoms with Crippen LogP contribution in [0.4, 0.5) is 0 Å². The van der Waals surface area contributed by atoms with Crippen LogP contribution in [0.25, 0.3) is 0 Å². The molecule has 0 aromatic heterocycles. The molecule has 0 amide bonds. The van der Waals surface area contributed by atoms with Crippen LogP contribution in [-0.2, 0) is 33.4 Å². The molecule has 2 heterocycles. The van der Waals surface area contributed by atoms with Gasteiger partial charge in [0, 0.05) is 32.8 Å². The molecule has 4 rings (SSSR count). The highest BCUT2D eigenvalue weighted by atomic mass is 35.5. The van der Waals surface area contributed by atoms with Gasteiger partial charge in [0.1, 0.15) is 0 Å². The lowest BCUT2D eigenvalue weighted by Crippen LogP contribution is -2.35. The van der Waals surface area contributed by atoms with Crippen LogP contribution in [0.3, 0.4) is 0 Å². The summed E-state index contributed by atoms with van der Waals surface area (Å²) in [5, 5.41) is 6.84. The van der Waals surface area contributed by atoms with Crippen molar-refractivity contribution in [1.82, 2.24) is 10.6 Å². The fourth-order valence-electron chi connectivity index (χ4n) is 5.52. The summed E-state index contributed by atoms with van der Waals surface area (Å²) in [6.07, 6.45) is 0. The quantitative estimate of drug-likeness (QED) is 0.241. The van der Waals surface area contributed by atoms with Gasteiger partial charge in [-0.1, -0.05) is 47.5 Å². The van der Waals surface area contributed by atoms with Crippen molar-refractivity contribution in [2.75, 3.05) is 14.2 Å². The Kier molecular flexibility index (Phi) is 9.47. The Morgan fingerprint density at radius 3 is 1.21 bits per heavy atom. The van der Waals surface area contributed by atoms with E-state index in [1.807, 2.05) is 0 Å². The third-order valence-electron chi connectivity index (χ3n) is 7.32. The molecule has 2 aliphatic heterocycles. The molecule has 0 saturated carbocycles. The summed E-state index contributed by atoms with van der Waals surface area (Å²) in [4.78, 5) is 53.7. The molecule has 2 aliphatic rings. The van der Waals surface area contributed by atoms with E-state index >= 15 is 0 Å². The van der Waals surface area contributed by atoms with Crippen LogP contribution in [0, 0.1) is 0 Å². The van der Waals surface area contributed by atoms with Crippen molar-refractivity contribution >= 4 is 47.1 Å². The van der Waals surface area contributed by atoms with Crippen LogP contribution < -0.4 is 10.6 Å². The molecule has 0 fully saturated rings. The molecular weight excluding hydrogens is 595 g/mol. The first-order valence-electron chi connectivity index (χ1n) is 13.2. The topological polar surface area (TPSA) is 120 Å². The molecule has 43 heavy (non-hydrogen) atoms. The zero-order chi connectivity index (χ0) is 31.6. The van der Waals surface area contributed by atoms with E-state index in [1.165, 1.54) is 14.2 Å². The fraction of sp³-hybridized carbons (Fsp3) is 0.250. The highest BCUT2D eigenvalue weighted by Crippen LogP contribution is 2.42. The van der Waals surface area contributed by atoms with Gasteiger partial charge in [-0.3, -0.25) is 0 Å². The van der Waals surface area contributed by atoms with Crippen molar-refractivity contribution in [3.8, 4) is 0 Å². The molecule has 11 heteroatoms. The average Bonchev–Trinajstić information content (AvgIpc) is 2.95. The molecule has 0 aliphatic carbocycles. The van der Waals surface area contributed by atoms with Gasteiger partial charge in [-0.05, 0) is 63.1 Å². The van der Waals surface area contributed by atoms with Crippen molar-refractivity contribution < 1.29 is 33.4 Å². The number of allylic oxidation sites excluding steroid dienone is 4. The Hall–Kier alpha value is -4.34. The molecule has 0 bridgehead atoms. The molecule has 2 atom stereocenters. The summed E-state index contributed by atoms with van der Waals surface area (Å²) in [6, 6.07) is 13.4. The van der Waals surface area contributed by atoms with Gasteiger partial charge in [0.05, 0.1) is 48.3 Å². The third-order valence-corrected chi connectivity index (χ3v) is 7.79. The summed E-state index contributed by atoms with van der Waals surface area (Å²) < 4.78 is 15.6. The standard InChI is InChI=1S/C32H30Cl2N2O7/c1-15-23(29(37)41-5)27(19-9-7-11-21(33)13-19)25(17(3)35-15)31(39)43-32(40)26-18(4)36-16(2)24(30(38)42-6)28(26)20-10-8-12-22(34)14-20/h7-14,27-28,35-36H,1-6H3. The second-order valence-corrected chi connectivity index (χ2v) is 10.9. The molecule has 2 aromatic rings. The van der Waals surface area contributed by atoms with Crippen molar-refractivity contribution in [3.63, 3.8) is 0 Å². The number of carbonyl (C=O) groups excluding carboxylic acids is 4. The molecule has 0 radical (unpaired) electrons. The highest BCUT2D eigenvalue weighted by Gasteiger charge is 2.42. The fourth-order valence-corrected chi connectivity index (χ4v) is 5.92. The number of methoxy groups -OCH3 is 2. The van der Waals surface area contributed by atoms with E-state index in [9.17, 15) is 19.2 Å². The first-order chi connectivity index (χ1) is 20.4. The maximum atomic E-state index is 13.9. The summed E-state index contributed by atoms with van der Waals surface area (Å²) in [5.74, 6) is -5.24. The van der Waals surface area contributed by atoms with Crippen LogP contribution in [0.15, 0.2) is 93.6 Å². The predicted octanol–water partition coefficient (Wildman–Crippen LogP) is 5.58. The number of hydrogen-bond donors (Lipinski definition) is 2. The van der Waals surface area contributed by atoms with Gasteiger partial charge in [0.15, 0.2) is 0 Å². The monoisotopic (exact) mass is 624 g/mol. The van der Waals surface area contributed by atoms with Crippen LogP contribution in [-0.4, -0.2) is 38.1 Å². The number of rotatable bonds is 6. The van der Waals surface area contributed by atoms with Crippen LogP contribution in [0.5, 0.6) is 0 Å². The van der Waals surface area contributed by atoms with Gasteiger partial charge in [-0.25, -0.2) is 19.2 Å². The van der Waals surface area contributed by atoms with Crippen molar-refractivity contribution in [1.29, 1.82) is 0 Å².